The van der Waals surface area contributed by atoms with Crippen molar-refractivity contribution in [3.05, 3.63) is 0 Å². The minimum Gasteiger partial charge on any atom is -0.306 e. The standard InChI is InChI=1S/2C5H2F10O.2CH3F/c6-2(7,8)1-16-5(14,15)3(9,10)4(11,12)13;6-1-2(7,8)16-5(14,15)3(9,10)4(11,12)13;2*1-2/h2*1H2;2*1H3. The third-order valence-corrected chi connectivity index (χ3v) is 2.29. The Bertz CT molecular complexity index is 587. The lowest BCUT2D eigenvalue weighted by atomic mass is 10.3. The van der Waals surface area contributed by atoms with Crippen molar-refractivity contribution in [2.45, 2.75) is 48.7 Å². The predicted octanol–water partition coefficient (Wildman–Crippen LogP) is 7.88. The van der Waals surface area contributed by atoms with E-state index in [0.717, 1.165) is 0 Å². The van der Waals surface area contributed by atoms with Gasteiger partial charge in [-0.25, -0.2) is 9.13 Å². The van der Waals surface area contributed by atoms with Gasteiger partial charge in [-0.1, -0.05) is 0 Å². The maximum Gasteiger partial charge on any atom is 0.462 e. The molecule has 24 heteroatoms. The molecule has 0 aromatic carbocycles. The zero-order valence-corrected chi connectivity index (χ0v) is 16.5. The normalized spacial score (nSPS) is 14.0. The van der Waals surface area contributed by atoms with E-state index in [-0.39, 0.29) is 0 Å². The molecule has 224 valence electrons. The van der Waals surface area contributed by atoms with E-state index in [1.807, 2.05) is 4.74 Å². The van der Waals surface area contributed by atoms with Gasteiger partial charge in [0.1, 0.15) is 6.61 Å². The minimum atomic E-state index is -6.86. The fourth-order valence-corrected chi connectivity index (χ4v) is 0.872. The summed E-state index contributed by atoms with van der Waals surface area (Å²) in [6.45, 7) is -5.90. The van der Waals surface area contributed by atoms with Gasteiger partial charge < -0.3 is 4.74 Å². The molecule has 0 aliphatic heterocycles. The summed E-state index contributed by atoms with van der Waals surface area (Å²) in [6.07, 6.45) is -37.3. The van der Waals surface area contributed by atoms with Crippen LogP contribution >= 0.6 is 0 Å². The highest BCUT2D eigenvalue weighted by atomic mass is 19.4. The van der Waals surface area contributed by atoms with Crippen molar-refractivity contribution in [2.75, 3.05) is 27.6 Å². The quantitative estimate of drug-likeness (QED) is 0.276. The Hall–Kier alpha value is -1.62. The molecule has 0 aromatic heterocycles. The monoisotopic (exact) mass is 604 g/mol. The minimum absolute atomic E-state index is 0.500. The molecule has 0 aliphatic rings. The molecule has 0 fully saturated rings. The van der Waals surface area contributed by atoms with Crippen molar-refractivity contribution >= 4 is 0 Å². The molecule has 0 aliphatic carbocycles. The predicted molar refractivity (Wildman–Crippen MR) is 70.0 cm³/mol. The molecule has 0 rings (SSSR count). The van der Waals surface area contributed by atoms with Crippen LogP contribution in [0.3, 0.4) is 0 Å². The molecular weight excluding hydrogens is 594 g/mol. The van der Waals surface area contributed by atoms with Crippen molar-refractivity contribution in [3.8, 4) is 0 Å². The second-order valence-electron chi connectivity index (χ2n) is 4.95. The molecule has 0 amide bonds. The van der Waals surface area contributed by atoms with Gasteiger partial charge in [0.2, 0.25) is 0 Å². The number of hydrogen-bond donors (Lipinski definition) is 0. The Kier molecular flexibility index (Phi) is 15.9. The van der Waals surface area contributed by atoms with Crippen LogP contribution in [0.15, 0.2) is 0 Å². The first kappa shape index (κ1) is 41.5. The highest BCUT2D eigenvalue weighted by molar-refractivity contribution is 4.86. The van der Waals surface area contributed by atoms with E-state index in [2.05, 4.69) is 4.74 Å². The summed E-state index contributed by atoms with van der Waals surface area (Å²) >= 11 is 0. The third-order valence-electron chi connectivity index (χ3n) is 2.29. The van der Waals surface area contributed by atoms with Gasteiger partial charge in [0, 0.05) is 0 Å². The van der Waals surface area contributed by atoms with Crippen LogP contribution in [0.4, 0.5) is 96.6 Å². The topological polar surface area (TPSA) is 18.5 Å². The van der Waals surface area contributed by atoms with Crippen molar-refractivity contribution in [3.63, 3.8) is 0 Å². The fourth-order valence-electron chi connectivity index (χ4n) is 0.872. The Labute approximate surface area is 184 Å². The van der Waals surface area contributed by atoms with Gasteiger partial charge in [-0.3, -0.25) is 8.78 Å². The first-order chi connectivity index (χ1) is 15.5. The summed E-state index contributed by atoms with van der Waals surface area (Å²) < 4.78 is 256. The highest BCUT2D eigenvalue weighted by Gasteiger charge is 2.76. The smallest absolute Gasteiger partial charge is 0.306 e. The van der Waals surface area contributed by atoms with Crippen LogP contribution in [0.1, 0.15) is 0 Å². The molecular formula is C12H10F22O2. The molecule has 0 bridgehead atoms. The fraction of sp³-hybridized carbons (Fsp3) is 1.00. The zero-order chi connectivity index (χ0) is 30.8. The Morgan fingerprint density at radius 2 is 0.750 bits per heavy atom. The lowest BCUT2D eigenvalue weighted by molar-refractivity contribution is -0.472. The van der Waals surface area contributed by atoms with Crippen LogP contribution in [0.5, 0.6) is 0 Å². The Morgan fingerprint density at radius 1 is 0.472 bits per heavy atom. The first-order valence-electron chi connectivity index (χ1n) is 7.22. The number of rotatable bonds is 7. The second-order valence-corrected chi connectivity index (χ2v) is 4.95. The molecule has 0 saturated carbocycles. The van der Waals surface area contributed by atoms with Crippen LogP contribution in [0.25, 0.3) is 0 Å². The van der Waals surface area contributed by atoms with Crippen LogP contribution in [-0.2, 0) is 9.47 Å². The lowest BCUT2D eigenvalue weighted by Crippen LogP contribution is -2.55. The summed E-state index contributed by atoms with van der Waals surface area (Å²) in [7, 11) is 1.00. The van der Waals surface area contributed by atoms with Crippen molar-refractivity contribution in [2.24, 2.45) is 0 Å². The van der Waals surface area contributed by atoms with E-state index in [1.165, 1.54) is 0 Å². The number of ether oxygens (including phenoxy) is 2. The van der Waals surface area contributed by atoms with Gasteiger partial charge in [-0.05, 0) is 0 Å². The molecule has 0 radical (unpaired) electrons. The molecule has 0 N–H and O–H groups in total. The molecule has 2 nitrogen and oxygen atoms in total. The summed E-state index contributed by atoms with van der Waals surface area (Å²) in [6, 6.07) is 0. The highest BCUT2D eigenvalue weighted by Crippen LogP contribution is 2.49. The Morgan fingerprint density at radius 3 is 0.972 bits per heavy atom. The van der Waals surface area contributed by atoms with Crippen molar-refractivity contribution in [1.29, 1.82) is 0 Å². The van der Waals surface area contributed by atoms with Crippen LogP contribution < -0.4 is 0 Å². The van der Waals surface area contributed by atoms with Gasteiger partial charge in [-0.2, -0.15) is 83.4 Å². The molecule has 0 unspecified atom stereocenters. The van der Waals surface area contributed by atoms with Crippen LogP contribution in [0, 0.1) is 0 Å². The molecule has 0 heterocycles. The number of alkyl halides is 22. The van der Waals surface area contributed by atoms with E-state index in [0.29, 0.717) is 14.4 Å². The maximum absolute atomic E-state index is 12.0. The molecule has 0 aromatic rings. The van der Waals surface area contributed by atoms with E-state index in [9.17, 15) is 96.6 Å². The van der Waals surface area contributed by atoms with Crippen molar-refractivity contribution in [1.82, 2.24) is 0 Å². The van der Waals surface area contributed by atoms with Gasteiger partial charge >= 0.3 is 48.7 Å². The first-order valence-corrected chi connectivity index (χ1v) is 7.22. The van der Waals surface area contributed by atoms with Gasteiger partial charge in [0.15, 0.2) is 6.67 Å². The summed E-state index contributed by atoms with van der Waals surface area (Å²) in [5.74, 6) is -13.6. The van der Waals surface area contributed by atoms with Crippen LogP contribution in [0.2, 0.25) is 0 Å². The summed E-state index contributed by atoms with van der Waals surface area (Å²) in [5, 5.41) is 0. The number of halogens is 22. The third kappa shape index (κ3) is 12.6. The zero-order valence-electron chi connectivity index (χ0n) is 16.5. The van der Waals surface area contributed by atoms with Gasteiger partial charge in [0.05, 0.1) is 14.4 Å². The van der Waals surface area contributed by atoms with Gasteiger partial charge in [-0.15, -0.1) is 0 Å². The second kappa shape index (κ2) is 13.8. The summed E-state index contributed by atoms with van der Waals surface area (Å²) in [5.41, 5.74) is 0. The lowest BCUT2D eigenvalue weighted by Gasteiger charge is -2.29. The van der Waals surface area contributed by atoms with E-state index < -0.39 is 62.0 Å². The van der Waals surface area contributed by atoms with E-state index in [4.69, 9.17) is 0 Å². The number of hydrogen-bond acceptors (Lipinski definition) is 2. The van der Waals surface area contributed by atoms with Crippen LogP contribution in [-0.4, -0.2) is 76.3 Å². The van der Waals surface area contributed by atoms with E-state index in [1.54, 1.807) is 0 Å². The van der Waals surface area contributed by atoms with E-state index >= 15 is 0 Å². The SMILES string of the molecule is CF.CF.FC(F)(F)COC(F)(F)C(F)(F)C(F)(F)F.FCC(F)(F)OC(F)(F)C(F)(F)C(F)(F)F. The molecule has 0 saturated heterocycles. The molecule has 0 atom stereocenters. The van der Waals surface area contributed by atoms with Crippen molar-refractivity contribution < 1.29 is 106 Å². The maximum atomic E-state index is 12.0. The Balaban J connectivity index is -0.000000249. The largest absolute Gasteiger partial charge is 0.462 e. The molecule has 0 spiro atoms. The molecule has 36 heavy (non-hydrogen) atoms. The average Bonchev–Trinajstić information content (AvgIpc) is 2.67. The van der Waals surface area contributed by atoms with Gasteiger partial charge in [0.25, 0.3) is 0 Å². The summed E-state index contributed by atoms with van der Waals surface area (Å²) in [4.78, 5) is 0. The average molecular weight is 604 g/mol.